The van der Waals surface area contributed by atoms with Crippen LogP contribution in [0.4, 0.5) is 24.5 Å². The largest absolute Gasteiger partial charge is 0.388 e. The normalized spacial score (nSPS) is 17.4. The van der Waals surface area contributed by atoms with Crippen LogP contribution in [0.5, 0.6) is 0 Å². The van der Waals surface area contributed by atoms with Crippen molar-refractivity contribution in [1.29, 1.82) is 0 Å². The van der Waals surface area contributed by atoms with Crippen LogP contribution < -0.4 is 10.2 Å². The van der Waals surface area contributed by atoms with Crippen molar-refractivity contribution in [3.05, 3.63) is 23.8 Å². The fourth-order valence-electron chi connectivity index (χ4n) is 2.46. The van der Waals surface area contributed by atoms with Crippen molar-refractivity contribution in [3.63, 3.8) is 0 Å². The summed E-state index contributed by atoms with van der Waals surface area (Å²) in [4.78, 5) is 1.98. The first-order valence-corrected chi connectivity index (χ1v) is 7.06. The lowest BCUT2D eigenvalue weighted by atomic mass is 10.0. The van der Waals surface area contributed by atoms with Crippen molar-refractivity contribution in [2.45, 2.75) is 38.3 Å². The molecule has 1 fully saturated rings. The molecule has 1 heterocycles. The van der Waals surface area contributed by atoms with E-state index in [4.69, 9.17) is 0 Å². The second-order valence-electron chi connectivity index (χ2n) is 5.24. The van der Waals surface area contributed by atoms with Gasteiger partial charge in [0, 0.05) is 43.5 Å². The number of anilines is 2. The Morgan fingerprint density at radius 3 is 2.45 bits per heavy atom. The smallest absolute Gasteiger partial charge is 0.273 e. The topological polar surface area (TPSA) is 15.3 Å². The highest BCUT2D eigenvalue weighted by atomic mass is 19.3. The van der Waals surface area contributed by atoms with Crippen molar-refractivity contribution >= 4 is 11.4 Å². The Morgan fingerprint density at radius 1 is 1.25 bits per heavy atom. The van der Waals surface area contributed by atoms with Crippen molar-refractivity contribution in [3.8, 4) is 0 Å². The zero-order chi connectivity index (χ0) is 14.8. The summed E-state index contributed by atoms with van der Waals surface area (Å²) in [5.74, 6) is -2.83. The highest BCUT2D eigenvalue weighted by Gasteiger charge is 2.30. The monoisotopic (exact) mass is 286 g/mol. The van der Waals surface area contributed by atoms with Gasteiger partial charge in [0.05, 0.1) is 0 Å². The van der Waals surface area contributed by atoms with E-state index in [9.17, 15) is 13.2 Å². The summed E-state index contributed by atoms with van der Waals surface area (Å²) in [6, 6.07) is 4.85. The van der Waals surface area contributed by atoms with E-state index in [1.54, 1.807) is 7.05 Å². The zero-order valence-electron chi connectivity index (χ0n) is 11.9. The number of hydrogen-bond donors (Lipinski definition) is 1. The van der Waals surface area contributed by atoms with E-state index in [2.05, 4.69) is 5.32 Å². The summed E-state index contributed by atoms with van der Waals surface area (Å²) in [7, 11) is 1.71. The minimum Gasteiger partial charge on any atom is -0.388 e. The van der Waals surface area contributed by atoms with Crippen molar-refractivity contribution in [2.75, 3.05) is 30.4 Å². The molecule has 0 radical (unpaired) electrons. The maximum atomic E-state index is 13.9. The van der Waals surface area contributed by atoms with E-state index >= 15 is 0 Å². The van der Waals surface area contributed by atoms with Gasteiger partial charge in [-0.1, -0.05) is 6.92 Å². The van der Waals surface area contributed by atoms with E-state index in [0.29, 0.717) is 31.6 Å². The van der Waals surface area contributed by atoms with Crippen LogP contribution in [-0.4, -0.2) is 26.3 Å². The summed E-state index contributed by atoms with van der Waals surface area (Å²) >= 11 is 0. The molecule has 0 saturated carbocycles. The molecule has 1 aliphatic rings. The van der Waals surface area contributed by atoms with Crippen LogP contribution in [-0.2, 0) is 5.92 Å². The van der Waals surface area contributed by atoms with Gasteiger partial charge in [0.25, 0.3) is 5.92 Å². The van der Waals surface area contributed by atoms with Crippen LogP contribution >= 0.6 is 0 Å². The maximum Gasteiger partial charge on any atom is 0.273 e. The third-order valence-electron chi connectivity index (χ3n) is 3.86. The number of hydrogen-bond acceptors (Lipinski definition) is 2. The molecular formula is C15H21F3N2. The number of benzene rings is 1. The number of nitrogens with zero attached hydrogens (tertiary/aromatic N) is 1. The van der Waals surface area contributed by atoms with Gasteiger partial charge < -0.3 is 10.2 Å². The average molecular weight is 286 g/mol. The molecule has 0 aliphatic carbocycles. The van der Waals surface area contributed by atoms with Gasteiger partial charge in [-0.3, -0.25) is 0 Å². The highest BCUT2D eigenvalue weighted by Crippen LogP contribution is 2.36. The predicted molar refractivity (Wildman–Crippen MR) is 76.5 cm³/mol. The molecule has 1 N–H and O–H groups in total. The van der Waals surface area contributed by atoms with Crippen LogP contribution in [0, 0.1) is 0 Å². The molecule has 1 aromatic carbocycles. The molecule has 5 heteroatoms. The lowest BCUT2D eigenvalue weighted by Gasteiger charge is -2.31. The van der Waals surface area contributed by atoms with E-state index < -0.39 is 12.1 Å². The molecule has 20 heavy (non-hydrogen) atoms. The molecule has 0 amide bonds. The average Bonchev–Trinajstić information content (AvgIpc) is 2.47. The van der Waals surface area contributed by atoms with Gasteiger partial charge in [-0.05, 0) is 31.0 Å². The van der Waals surface area contributed by atoms with Crippen LogP contribution in [0.25, 0.3) is 0 Å². The number of nitrogens with one attached hydrogen (secondary N) is 1. The summed E-state index contributed by atoms with van der Waals surface area (Å²) in [5.41, 5.74) is 1.42. The predicted octanol–water partition coefficient (Wildman–Crippen LogP) is 4.17. The lowest BCUT2D eigenvalue weighted by Crippen LogP contribution is -2.34. The second kappa shape index (κ2) is 5.94. The molecule has 0 unspecified atom stereocenters. The fourth-order valence-corrected chi connectivity index (χ4v) is 2.46. The molecule has 2 rings (SSSR count). The second-order valence-corrected chi connectivity index (χ2v) is 5.24. The Balaban J connectivity index is 2.31. The molecular weight excluding hydrogens is 265 g/mol. The number of rotatable bonds is 4. The number of alkyl halides is 3. The standard InChI is InChI=1S/C15H21F3N2/c1-3-15(17,18)11-8-13(19-2)10-14(9-11)20-6-4-12(16)5-7-20/h8-10,12,19H,3-7H2,1-2H3. The van der Waals surface area contributed by atoms with Crippen LogP contribution in [0.1, 0.15) is 31.7 Å². The SMILES string of the molecule is CCC(F)(F)c1cc(NC)cc(N2CCC(F)CC2)c1. The van der Waals surface area contributed by atoms with Gasteiger partial charge in [-0.15, -0.1) is 0 Å². The number of piperidine rings is 1. The molecule has 112 valence electrons. The molecule has 1 aromatic rings. The first kappa shape index (κ1) is 15.0. The summed E-state index contributed by atoms with van der Waals surface area (Å²) < 4.78 is 41.0. The summed E-state index contributed by atoms with van der Waals surface area (Å²) in [6.07, 6.45) is -0.0751. The summed E-state index contributed by atoms with van der Waals surface area (Å²) in [6.45, 7) is 2.62. The van der Waals surface area contributed by atoms with Gasteiger partial charge >= 0.3 is 0 Å². The van der Waals surface area contributed by atoms with Gasteiger partial charge in [0.15, 0.2) is 0 Å². The minimum absolute atomic E-state index is 0.0178. The minimum atomic E-state index is -2.83. The quantitative estimate of drug-likeness (QED) is 0.893. The number of halogens is 3. The molecule has 0 bridgehead atoms. The molecule has 1 aliphatic heterocycles. The molecule has 0 atom stereocenters. The Morgan fingerprint density at radius 2 is 1.90 bits per heavy atom. The van der Waals surface area contributed by atoms with Gasteiger partial charge in [-0.25, -0.2) is 13.2 Å². The van der Waals surface area contributed by atoms with E-state index in [0.717, 1.165) is 5.69 Å². The molecule has 0 spiro atoms. The van der Waals surface area contributed by atoms with Gasteiger partial charge in [0.1, 0.15) is 6.17 Å². The van der Waals surface area contributed by atoms with Crippen LogP contribution in [0.15, 0.2) is 18.2 Å². The Bertz CT molecular complexity index is 454. The van der Waals surface area contributed by atoms with Gasteiger partial charge in [0.2, 0.25) is 0 Å². The Kier molecular flexibility index (Phi) is 4.45. The van der Waals surface area contributed by atoms with Crippen molar-refractivity contribution in [2.24, 2.45) is 0 Å². The first-order chi connectivity index (χ1) is 9.46. The van der Waals surface area contributed by atoms with Crippen LogP contribution in [0.3, 0.4) is 0 Å². The van der Waals surface area contributed by atoms with E-state index in [1.807, 2.05) is 11.0 Å². The zero-order valence-corrected chi connectivity index (χ0v) is 11.9. The molecule has 2 nitrogen and oxygen atoms in total. The lowest BCUT2D eigenvalue weighted by molar-refractivity contribution is -0.00821. The molecule has 1 saturated heterocycles. The van der Waals surface area contributed by atoms with E-state index in [-0.39, 0.29) is 12.0 Å². The third-order valence-corrected chi connectivity index (χ3v) is 3.86. The fraction of sp³-hybridized carbons (Fsp3) is 0.600. The summed E-state index contributed by atoms with van der Waals surface area (Å²) in [5, 5.41) is 2.92. The first-order valence-electron chi connectivity index (χ1n) is 7.06. The van der Waals surface area contributed by atoms with E-state index in [1.165, 1.54) is 19.1 Å². The Hall–Kier alpha value is -1.39. The third kappa shape index (κ3) is 3.19. The van der Waals surface area contributed by atoms with Crippen molar-refractivity contribution < 1.29 is 13.2 Å². The van der Waals surface area contributed by atoms with Gasteiger partial charge in [-0.2, -0.15) is 0 Å². The Labute approximate surface area is 118 Å². The molecule has 0 aromatic heterocycles. The van der Waals surface area contributed by atoms with Crippen molar-refractivity contribution in [1.82, 2.24) is 0 Å². The highest BCUT2D eigenvalue weighted by molar-refractivity contribution is 5.61. The maximum absolute atomic E-state index is 13.9. The van der Waals surface area contributed by atoms with Crippen LogP contribution in [0.2, 0.25) is 0 Å².